The molecule has 2 aliphatic carbocycles. The summed E-state index contributed by atoms with van der Waals surface area (Å²) in [5.41, 5.74) is 0. The highest BCUT2D eigenvalue weighted by molar-refractivity contribution is 5.72. The van der Waals surface area contributed by atoms with E-state index < -0.39 is 5.97 Å². The van der Waals surface area contributed by atoms with E-state index in [0.717, 1.165) is 25.7 Å². The predicted octanol–water partition coefficient (Wildman–Crippen LogP) is 0.990. The van der Waals surface area contributed by atoms with Crippen LogP contribution in [0.2, 0.25) is 0 Å². The molecule has 4 atom stereocenters. The quantitative estimate of drug-likeness (QED) is 0.670. The van der Waals surface area contributed by atoms with Gasteiger partial charge < -0.3 is 15.5 Å². The third-order valence-corrected chi connectivity index (χ3v) is 4.16. The van der Waals surface area contributed by atoms with E-state index in [1.54, 1.807) is 0 Å². The Morgan fingerprint density at radius 3 is 2.44 bits per heavy atom. The molecule has 0 amide bonds. The fourth-order valence-corrected chi connectivity index (χ4v) is 2.92. The van der Waals surface area contributed by atoms with Crippen molar-refractivity contribution in [3.63, 3.8) is 0 Å². The first-order valence-corrected chi connectivity index (χ1v) is 6.32. The van der Waals surface area contributed by atoms with Gasteiger partial charge in [-0.1, -0.05) is 12.8 Å². The Kier molecular flexibility index (Phi) is 3.82. The van der Waals surface area contributed by atoms with E-state index in [4.69, 9.17) is 5.11 Å². The van der Waals surface area contributed by atoms with E-state index >= 15 is 0 Å². The lowest BCUT2D eigenvalue weighted by Crippen LogP contribution is -2.54. The molecule has 0 heterocycles. The van der Waals surface area contributed by atoms with Crippen molar-refractivity contribution in [3.8, 4) is 0 Å². The first-order valence-electron chi connectivity index (χ1n) is 6.32. The number of carbonyl (C=O) groups is 1. The van der Waals surface area contributed by atoms with Crippen molar-refractivity contribution < 1.29 is 15.0 Å². The van der Waals surface area contributed by atoms with Crippen molar-refractivity contribution in [3.05, 3.63) is 0 Å². The zero-order valence-corrected chi connectivity index (χ0v) is 9.56. The minimum atomic E-state index is -0.680. The Morgan fingerprint density at radius 1 is 1.12 bits per heavy atom. The average molecular weight is 227 g/mol. The summed E-state index contributed by atoms with van der Waals surface area (Å²) >= 11 is 0. The number of aliphatic hydroxyl groups is 1. The molecule has 16 heavy (non-hydrogen) atoms. The van der Waals surface area contributed by atoms with Crippen LogP contribution in [-0.4, -0.2) is 34.9 Å². The van der Waals surface area contributed by atoms with E-state index in [2.05, 4.69) is 5.32 Å². The number of rotatable bonds is 4. The summed E-state index contributed by atoms with van der Waals surface area (Å²) in [6.45, 7) is 0.224. The van der Waals surface area contributed by atoms with Crippen LogP contribution in [0.4, 0.5) is 0 Å². The Balaban J connectivity index is 1.85. The summed E-state index contributed by atoms with van der Waals surface area (Å²) in [5.74, 6) is -0.565. The molecule has 0 radical (unpaired) electrons. The van der Waals surface area contributed by atoms with E-state index in [9.17, 15) is 9.90 Å². The third-order valence-electron chi connectivity index (χ3n) is 4.16. The van der Waals surface area contributed by atoms with Crippen molar-refractivity contribution in [2.75, 3.05) is 6.61 Å². The Bertz CT molecular complexity index is 257. The Hall–Kier alpha value is -0.610. The smallest absolute Gasteiger partial charge is 0.308 e. The Labute approximate surface area is 96.0 Å². The molecule has 2 saturated carbocycles. The van der Waals surface area contributed by atoms with E-state index in [1.165, 1.54) is 12.8 Å². The van der Waals surface area contributed by atoms with E-state index in [0.29, 0.717) is 12.0 Å². The van der Waals surface area contributed by atoms with Crippen molar-refractivity contribution in [2.45, 2.75) is 50.6 Å². The number of carboxylic acids is 1. The van der Waals surface area contributed by atoms with Gasteiger partial charge in [-0.05, 0) is 31.6 Å². The van der Waals surface area contributed by atoms with Gasteiger partial charge in [-0.2, -0.15) is 0 Å². The largest absolute Gasteiger partial charge is 0.481 e. The summed E-state index contributed by atoms with van der Waals surface area (Å²) in [6.07, 6.45) is 6.29. The zero-order valence-electron chi connectivity index (χ0n) is 9.56. The first kappa shape index (κ1) is 11.9. The molecule has 0 aromatic heterocycles. The van der Waals surface area contributed by atoms with Crippen LogP contribution in [0.3, 0.4) is 0 Å². The number of aliphatic carboxylic acids is 1. The lowest BCUT2D eigenvalue weighted by Gasteiger charge is -2.40. The lowest BCUT2D eigenvalue weighted by atomic mass is 9.77. The van der Waals surface area contributed by atoms with Gasteiger partial charge in [0, 0.05) is 18.7 Å². The number of hydrogen-bond donors (Lipinski definition) is 3. The van der Waals surface area contributed by atoms with Crippen LogP contribution in [0, 0.1) is 11.8 Å². The molecule has 0 saturated heterocycles. The fourth-order valence-electron chi connectivity index (χ4n) is 2.92. The van der Waals surface area contributed by atoms with Gasteiger partial charge in [0.05, 0.1) is 5.92 Å². The van der Waals surface area contributed by atoms with E-state index in [1.807, 2.05) is 0 Å². The van der Waals surface area contributed by atoms with Crippen LogP contribution < -0.4 is 5.32 Å². The van der Waals surface area contributed by atoms with Crippen LogP contribution >= 0.6 is 0 Å². The lowest BCUT2D eigenvalue weighted by molar-refractivity contribution is -0.146. The molecule has 0 bridgehead atoms. The number of aliphatic hydroxyl groups excluding tert-OH is 1. The molecule has 4 unspecified atom stereocenters. The van der Waals surface area contributed by atoms with Crippen molar-refractivity contribution in [2.24, 2.45) is 11.8 Å². The second-order valence-electron chi connectivity index (χ2n) is 5.13. The number of nitrogens with one attached hydrogen (secondary N) is 1. The maximum absolute atomic E-state index is 10.9. The van der Waals surface area contributed by atoms with Gasteiger partial charge in [-0.3, -0.25) is 4.79 Å². The van der Waals surface area contributed by atoms with Gasteiger partial charge in [-0.25, -0.2) is 0 Å². The first-order chi connectivity index (χ1) is 7.72. The molecule has 2 aliphatic rings. The maximum Gasteiger partial charge on any atom is 0.308 e. The van der Waals surface area contributed by atoms with Crippen molar-refractivity contribution >= 4 is 5.97 Å². The summed E-state index contributed by atoms with van der Waals surface area (Å²) in [4.78, 5) is 10.9. The minimum absolute atomic E-state index is 0.134. The molecule has 4 nitrogen and oxygen atoms in total. The molecule has 2 fully saturated rings. The molecular formula is C12H21NO3. The molecule has 0 aliphatic heterocycles. The highest BCUT2D eigenvalue weighted by atomic mass is 16.4. The van der Waals surface area contributed by atoms with Crippen LogP contribution in [0.15, 0.2) is 0 Å². The van der Waals surface area contributed by atoms with Gasteiger partial charge in [0.2, 0.25) is 0 Å². The SMILES string of the molecule is O=C(O)C1CCC1NC1CCCCC1CO. The molecule has 3 N–H and O–H groups in total. The maximum atomic E-state index is 10.9. The fraction of sp³-hybridized carbons (Fsp3) is 0.917. The highest BCUT2D eigenvalue weighted by Gasteiger charge is 2.39. The number of carboxylic acid groups (broad SMARTS) is 1. The third kappa shape index (κ3) is 2.38. The normalized spacial score (nSPS) is 39.1. The minimum Gasteiger partial charge on any atom is -0.481 e. The van der Waals surface area contributed by atoms with Gasteiger partial charge in [-0.15, -0.1) is 0 Å². The molecule has 0 spiro atoms. The summed E-state index contributed by atoms with van der Waals surface area (Å²) in [7, 11) is 0. The van der Waals surface area contributed by atoms with Crippen molar-refractivity contribution in [1.29, 1.82) is 0 Å². The number of hydrogen-bond acceptors (Lipinski definition) is 3. The van der Waals surface area contributed by atoms with Crippen LogP contribution in [0.5, 0.6) is 0 Å². The standard InChI is InChI=1S/C12H21NO3/c14-7-8-3-1-2-4-10(8)13-11-6-5-9(11)12(15)16/h8-11,13-14H,1-7H2,(H,15,16). The van der Waals surface area contributed by atoms with Gasteiger partial charge in [0.15, 0.2) is 0 Å². The Morgan fingerprint density at radius 2 is 1.88 bits per heavy atom. The summed E-state index contributed by atoms with van der Waals surface area (Å²) in [6, 6.07) is 0.459. The van der Waals surface area contributed by atoms with Gasteiger partial charge in [0.1, 0.15) is 0 Å². The molecule has 2 rings (SSSR count). The summed E-state index contributed by atoms with van der Waals surface area (Å²) < 4.78 is 0. The summed E-state index contributed by atoms with van der Waals surface area (Å²) in [5, 5.41) is 21.7. The molecule has 0 aromatic carbocycles. The molecule has 0 aromatic rings. The van der Waals surface area contributed by atoms with Gasteiger partial charge in [0.25, 0.3) is 0 Å². The van der Waals surface area contributed by atoms with Crippen LogP contribution in [0.1, 0.15) is 38.5 Å². The zero-order chi connectivity index (χ0) is 11.5. The van der Waals surface area contributed by atoms with Crippen LogP contribution in [-0.2, 0) is 4.79 Å². The highest BCUT2D eigenvalue weighted by Crippen LogP contribution is 2.31. The average Bonchev–Trinajstić information content (AvgIpc) is 2.24. The van der Waals surface area contributed by atoms with E-state index in [-0.39, 0.29) is 18.6 Å². The molecular weight excluding hydrogens is 206 g/mol. The molecule has 4 heteroatoms. The second kappa shape index (κ2) is 5.15. The second-order valence-corrected chi connectivity index (χ2v) is 5.13. The predicted molar refractivity (Wildman–Crippen MR) is 60.1 cm³/mol. The van der Waals surface area contributed by atoms with Crippen molar-refractivity contribution in [1.82, 2.24) is 5.32 Å². The molecule has 92 valence electrons. The monoisotopic (exact) mass is 227 g/mol. The van der Waals surface area contributed by atoms with Crippen LogP contribution in [0.25, 0.3) is 0 Å². The topological polar surface area (TPSA) is 69.6 Å². The van der Waals surface area contributed by atoms with Gasteiger partial charge >= 0.3 is 5.97 Å².